The number of hydrogen-bond donors (Lipinski definition) is 1. The Morgan fingerprint density at radius 3 is 2.94 bits per heavy atom. The molecule has 1 aliphatic rings. The van der Waals surface area contributed by atoms with E-state index < -0.39 is 0 Å². The first kappa shape index (κ1) is 13.4. The SMILES string of the molecule is Cc1nc(Cl)nc(N(C)CC2CCCOC2)c1N. The first-order valence-corrected chi connectivity index (χ1v) is 6.54. The fraction of sp³-hybridized carbons (Fsp3) is 0.667. The molecule has 2 heterocycles. The van der Waals surface area contributed by atoms with Crippen LogP contribution in [0.15, 0.2) is 0 Å². The van der Waals surface area contributed by atoms with Crippen molar-refractivity contribution in [1.82, 2.24) is 9.97 Å². The third-order valence-corrected chi connectivity index (χ3v) is 3.41. The van der Waals surface area contributed by atoms with Crippen molar-refractivity contribution >= 4 is 23.1 Å². The second-order valence-electron chi connectivity index (χ2n) is 4.78. The fourth-order valence-electron chi connectivity index (χ4n) is 2.25. The van der Waals surface area contributed by atoms with Gasteiger partial charge in [-0.15, -0.1) is 0 Å². The lowest BCUT2D eigenvalue weighted by Crippen LogP contribution is -2.32. The number of rotatable bonds is 3. The molecule has 1 aromatic rings. The largest absolute Gasteiger partial charge is 0.394 e. The van der Waals surface area contributed by atoms with Gasteiger partial charge in [0, 0.05) is 20.2 Å². The maximum absolute atomic E-state index is 6.00. The molecule has 100 valence electrons. The van der Waals surface area contributed by atoms with E-state index in [0.717, 1.165) is 31.9 Å². The van der Waals surface area contributed by atoms with E-state index in [9.17, 15) is 0 Å². The van der Waals surface area contributed by atoms with Crippen LogP contribution in [0.2, 0.25) is 5.28 Å². The van der Waals surface area contributed by atoms with Crippen molar-refractivity contribution in [2.45, 2.75) is 19.8 Å². The van der Waals surface area contributed by atoms with E-state index in [2.05, 4.69) is 9.97 Å². The van der Waals surface area contributed by atoms with Crippen molar-refractivity contribution < 1.29 is 4.74 Å². The number of aromatic nitrogens is 2. The predicted molar refractivity (Wildman–Crippen MR) is 73.0 cm³/mol. The standard InChI is InChI=1S/C12H19ClN4O/c1-8-10(14)11(16-12(13)15-8)17(2)6-9-4-3-5-18-7-9/h9H,3-7,14H2,1-2H3. The summed E-state index contributed by atoms with van der Waals surface area (Å²) in [6.45, 7) is 4.39. The van der Waals surface area contributed by atoms with Gasteiger partial charge in [-0.1, -0.05) is 0 Å². The second kappa shape index (κ2) is 5.71. The van der Waals surface area contributed by atoms with Gasteiger partial charge in [0.05, 0.1) is 18.0 Å². The molecule has 0 aromatic carbocycles. The predicted octanol–water partition coefficient (Wildman–Crippen LogP) is 1.88. The van der Waals surface area contributed by atoms with Crippen LogP contribution in [0, 0.1) is 12.8 Å². The zero-order valence-corrected chi connectivity index (χ0v) is 11.6. The Hall–Kier alpha value is -1.07. The number of nitrogen functional groups attached to an aromatic ring is 1. The summed E-state index contributed by atoms with van der Waals surface area (Å²) in [7, 11) is 1.98. The lowest BCUT2D eigenvalue weighted by Gasteiger charge is -2.28. The molecule has 1 saturated heterocycles. The van der Waals surface area contributed by atoms with Gasteiger partial charge in [0.2, 0.25) is 5.28 Å². The van der Waals surface area contributed by atoms with E-state index in [1.54, 1.807) is 0 Å². The van der Waals surface area contributed by atoms with Gasteiger partial charge in [0.15, 0.2) is 5.82 Å². The number of ether oxygens (including phenoxy) is 1. The maximum Gasteiger partial charge on any atom is 0.224 e. The van der Waals surface area contributed by atoms with Gasteiger partial charge < -0.3 is 15.4 Å². The number of halogens is 1. The van der Waals surface area contributed by atoms with Crippen LogP contribution in [0.5, 0.6) is 0 Å². The highest BCUT2D eigenvalue weighted by Crippen LogP contribution is 2.25. The van der Waals surface area contributed by atoms with Gasteiger partial charge in [-0.25, -0.2) is 4.98 Å². The molecule has 0 bridgehead atoms. The van der Waals surface area contributed by atoms with Gasteiger partial charge >= 0.3 is 0 Å². The Kier molecular flexibility index (Phi) is 4.24. The Labute approximate surface area is 112 Å². The topological polar surface area (TPSA) is 64.3 Å². The minimum atomic E-state index is 0.239. The molecule has 1 unspecified atom stereocenters. The third-order valence-electron chi connectivity index (χ3n) is 3.24. The summed E-state index contributed by atoms with van der Waals surface area (Å²) in [6, 6.07) is 0. The van der Waals surface area contributed by atoms with Crippen molar-refractivity contribution in [2.75, 3.05) is 37.4 Å². The molecule has 0 spiro atoms. The molecule has 1 aliphatic heterocycles. The van der Waals surface area contributed by atoms with Crippen molar-refractivity contribution in [2.24, 2.45) is 5.92 Å². The van der Waals surface area contributed by atoms with Crippen LogP contribution in [-0.2, 0) is 4.74 Å². The van der Waals surface area contributed by atoms with Crippen LogP contribution in [0.1, 0.15) is 18.5 Å². The summed E-state index contributed by atoms with van der Waals surface area (Å²) in [6.07, 6.45) is 2.31. The molecule has 0 saturated carbocycles. The molecule has 2 rings (SSSR count). The van der Waals surface area contributed by atoms with Gasteiger partial charge in [-0.3, -0.25) is 0 Å². The Balaban J connectivity index is 2.10. The molecule has 0 aliphatic carbocycles. The highest BCUT2D eigenvalue weighted by Gasteiger charge is 2.19. The normalized spacial score (nSPS) is 19.8. The van der Waals surface area contributed by atoms with Crippen LogP contribution in [0.3, 0.4) is 0 Å². The first-order valence-electron chi connectivity index (χ1n) is 6.16. The highest BCUT2D eigenvalue weighted by atomic mass is 35.5. The number of nitrogens with zero attached hydrogens (tertiary/aromatic N) is 3. The van der Waals surface area contributed by atoms with Crippen molar-refractivity contribution in [1.29, 1.82) is 0 Å². The van der Waals surface area contributed by atoms with Crippen LogP contribution in [-0.4, -0.2) is 36.8 Å². The van der Waals surface area contributed by atoms with E-state index in [-0.39, 0.29) is 5.28 Å². The van der Waals surface area contributed by atoms with Crippen LogP contribution in [0.25, 0.3) is 0 Å². The summed E-state index contributed by atoms with van der Waals surface area (Å²) in [5, 5.41) is 0.239. The Morgan fingerprint density at radius 2 is 2.28 bits per heavy atom. The third kappa shape index (κ3) is 3.03. The van der Waals surface area contributed by atoms with E-state index in [1.807, 2.05) is 18.9 Å². The zero-order valence-electron chi connectivity index (χ0n) is 10.8. The average Bonchev–Trinajstić information content (AvgIpc) is 2.35. The molecular weight excluding hydrogens is 252 g/mol. The molecule has 6 heteroatoms. The fourth-order valence-corrected chi connectivity index (χ4v) is 2.46. The van der Waals surface area contributed by atoms with Crippen LogP contribution in [0.4, 0.5) is 11.5 Å². The van der Waals surface area contributed by atoms with Gasteiger partial charge in [0.1, 0.15) is 0 Å². The maximum atomic E-state index is 6.00. The Morgan fingerprint density at radius 1 is 1.50 bits per heavy atom. The average molecular weight is 271 g/mol. The quantitative estimate of drug-likeness (QED) is 0.850. The lowest BCUT2D eigenvalue weighted by atomic mass is 10.0. The van der Waals surface area contributed by atoms with E-state index in [4.69, 9.17) is 22.1 Å². The highest BCUT2D eigenvalue weighted by molar-refractivity contribution is 6.28. The zero-order chi connectivity index (χ0) is 13.1. The summed E-state index contributed by atoms with van der Waals surface area (Å²) >= 11 is 5.88. The van der Waals surface area contributed by atoms with Crippen molar-refractivity contribution in [3.8, 4) is 0 Å². The van der Waals surface area contributed by atoms with Crippen LogP contribution < -0.4 is 10.6 Å². The minimum Gasteiger partial charge on any atom is -0.394 e. The molecule has 1 fully saturated rings. The van der Waals surface area contributed by atoms with E-state index >= 15 is 0 Å². The van der Waals surface area contributed by atoms with E-state index in [1.165, 1.54) is 6.42 Å². The molecule has 18 heavy (non-hydrogen) atoms. The summed E-state index contributed by atoms with van der Waals surface area (Å²) in [5.74, 6) is 1.23. The molecule has 1 aromatic heterocycles. The molecule has 1 atom stereocenters. The smallest absolute Gasteiger partial charge is 0.224 e. The number of anilines is 2. The summed E-state index contributed by atoms with van der Waals surface area (Å²) in [5.41, 5.74) is 7.32. The summed E-state index contributed by atoms with van der Waals surface area (Å²) in [4.78, 5) is 10.3. The first-order chi connectivity index (χ1) is 8.58. The minimum absolute atomic E-state index is 0.239. The van der Waals surface area contributed by atoms with Gasteiger partial charge in [0.25, 0.3) is 0 Å². The lowest BCUT2D eigenvalue weighted by molar-refractivity contribution is 0.0576. The monoisotopic (exact) mass is 270 g/mol. The molecule has 2 N–H and O–H groups in total. The molecule has 0 radical (unpaired) electrons. The van der Waals surface area contributed by atoms with Crippen molar-refractivity contribution in [3.63, 3.8) is 0 Å². The number of hydrogen-bond acceptors (Lipinski definition) is 5. The Bertz CT molecular complexity index is 421. The molecule has 5 nitrogen and oxygen atoms in total. The van der Waals surface area contributed by atoms with Crippen LogP contribution >= 0.6 is 11.6 Å². The summed E-state index contributed by atoms with van der Waals surface area (Å²) < 4.78 is 5.48. The molecule has 0 amide bonds. The van der Waals surface area contributed by atoms with Gasteiger partial charge in [-0.05, 0) is 37.3 Å². The number of nitrogens with two attached hydrogens (primary N) is 1. The van der Waals surface area contributed by atoms with Crippen molar-refractivity contribution in [3.05, 3.63) is 11.0 Å². The van der Waals surface area contributed by atoms with Gasteiger partial charge in [-0.2, -0.15) is 4.98 Å². The molecular formula is C12H19ClN4O. The number of aryl methyl sites for hydroxylation is 1. The second-order valence-corrected chi connectivity index (χ2v) is 5.12. The van der Waals surface area contributed by atoms with E-state index in [0.29, 0.717) is 17.4 Å².